The van der Waals surface area contributed by atoms with E-state index in [-0.39, 0.29) is 18.4 Å². The Balaban J connectivity index is 0.00000180. The number of nitrogens with zero attached hydrogens (tertiary/aromatic N) is 1. The highest BCUT2D eigenvalue weighted by Crippen LogP contribution is 2.26. The fraction of sp³-hybridized carbons (Fsp3) is 0.500. The first-order valence-electron chi connectivity index (χ1n) is 5.88. The zero-order chi connectivity index (χ0) is 13.3. The summed E-state index contributed by atoms with van der Waals surface area (Å²) in [6.07, 6.45) is 0.864. The molecule has 0 saturated carbocycles. The lowest BCUT2D eigenvalue weighted by Crippen LogP contribution is -2.33. The Kier molecular flexibility index (Phi) is 5.82. The van der Waals surface area contributed by atoms with Crippen molar-refractivity contribution in [3.8, 4) is 0 Å². The highest BCUT2D eigenvalue weighted by molar-refractivity contribution is 9.10. The van der Waals surface area contributed by atoms with Crippen LogP contribution < -0.4 is 5.32 Å². The second-order valence-electron chi connectivity index (χ2n) is 4.55. The zero-order valence-electron chi connectivity index (χ0n) is 10.9. The third-order valence-corrected chi connectivity index (χ3v) is 5.83. The van der Waals surface area contributed by atoms with Crippen LogP contribution in [-0.2, 0) is 10.0 Å². The van der Waals surface area contributed by atoms with Crippen molar-refractivity contribution in [1.29, 1.82) is 0 Å². The van der Waals surface area contributed by atoms with Crippen LogP contribution in [0.1, 0.15) is 12.0 Å². The van der Waals surface area contributed by atoms with Gasteiger partial charge in [0.2, 0.25) is 10.0 Å². The standard InChI is InChI=1S/C12H17BrN2O2S.ClH/c1-9-3-4-10(13)7-12(9)18(16,17)15-6-5-11(8-15)14-2;/h3-4,7,11,14H,5-6,8H2,1-2H3;1H. The number of hydrogen-bond donors (Lipinski definition) is 1. The van der Waals surface area contributed by atoms with Gasteiger partial charge in [-0.05, 0) is 38.1 Å². The van der Waals surface area contributed by atoms with Crippen molar-refractivity contribution in [3.05, 3.63) is 28.2 Å². The van der Waals surface area contributed by atoms with Gasteiger partial charge < -0.3 is 5.32 Å². The van der Waals surface area contributed by atoms with Crippen molar-refractivity contribution in [2.75, 3.05) is 20.1 Å². The van der Waals surface area contributed by atoms with E-state index in [1.54, 1.807) is 10.4 Å². The van der Waals surface area contributed by atoms with E-state index in [4.69, 9.17) is 0 Å². The monoisotopic (exact) mass is 368 g/mol. The number of nitrogens with one attached hydrogen (secondary N) is 1. The lowest BCUT2D eigenvalue weighted by molar-refractivity contribution is 0.464. The van der Waals surface area contributed by atoms with E-state index in [1.807, 2.05) is 26.1 Å². The van der Waals surface area contributed by atoms with E-state index < -0.39 is 10.0 Å². The summed E-state index contributed by atoms with van der Waals surface area (Å²) in [4.78, 5) is 0.397. The number of likely N-dealkylation sites (N-methyl/N-ethyl adjacent to an activating group) is 1. The molecule has 19 heavy (non-hydrogen) atoms. The van der Waals surface area contributed by atoms with Gasteiger partial charge in [-0.3, -0.25) is 0 Å². The van der Waals surface area contributed by atoms with Crippen molar-refractivity contribution < 1.29 is 8.42 Å². The van der Waals surface area contributed by atoms with E-state index in [2.05, 4.69) is 21.2 Å². The molecule has 0 amide bonds. The third kappa shape index (κ3) is 3.49. The SMILES string of the molecule is CNC1CCN(S(=O)(=O)c2cc(Br)ccc2C)C1.Cl. The van der Waals surface area contributed by atoms with E-state index in [1.165, 1.54) is 0 Å². The quantitative estimate of drug-likeness (QED) is 0.888. The first kappa shape index (κ1) is 16.9. The van der Waals surface area contributed by atoms with Crippen LogP contribution in [-0.4, -0.2) is 38.9 Å². The minimum absolute atomic E-state index is 0. The Morgan fingerprint density at radius 1 is 1.42 bits per heavy atom. The largest absolute Gasteiger partial charge is 0.316 e. The molecule has 0 aliphatic carbocycles. The van der Waals surface area contributed by atoms with Gasteiger partial charge in [0.15, 0.2) is 0 Å². The molecular formula is C12H18BrClN2O2S. The number of aryl methyl sites for hydroxylation is 1. The first-order chi connectivity index (χ1) is 8.45. The number of rotatable bonds is 3. The Morgan fingerprint density at radius 3 is 2.68 bits per heavy atom. The lowest BCUT2D eigenvalue weighted by atomic mass is 10.2. The van der Waals surface area contributed by atoms with Crippen LogP contribution in [0.3, 0.4) is 0 Å². The van der Waals surface area contributed by atoms with Crippen LogP contribution in [0.5, 0.6) is 0 Å². The van der Waals surface area contributed by atoms with Crippen LogP contribution in [0.25, 0.3) is 0 Å². The summed E-state index contributed by atoms with van der Waals surface area (Å²) in [5, 5.41) is 3.13. The molecule has 0 spiro atoms. The maximum Gasteiger partial charge on any atom is 0.243 e. The predicted octanol–water partition coefficient (Wildman–Crippen LogP) is 2.16. The smallest absolute Gasteiger partial charge is 0.243 e. The van der Waals surface area contributed by atoms with Gasteiger partial charge in [-0.2, -0.15) is 4.31 Å². The summed E-state index contributed by atoms with van der Waals surface area (Å²) in [7, 11) is -1.51. The molecule has 0 radical (unpaired) electrons. The van der Waals surface area contributed by atoms with Crippen molar-refractivity contribution in [1.82, 2.24) is 9.62 Å². The lowest BCUT2D eigenvalue weighted by Gasteiger charge is -2.18. The maximum absolute atomic E-state index is 12.5. The number of sulfonamides is 1. The van der Waals surface area contributed by atoms with Crippen LogP contribution in [0.15, 0.2) is 27.6 Å². The average Bonchev–Trinajstić information content (AvgIpc) is 2.81. The molecule has 108 valence electrons. The molecule has 1 aliphatic heterocycles. The first-order valence-corrected chi connectivity index (χ1v) is 8.12. The number of benzene rings is 1. The van der Waals surface area contributed by atoms with Gasteiger partial charge in [0, 0.05) is 23.6 Å². The molecule has 4 nitrogen and oxygen atoms in total. The van der Waals surface area contributed by atoms with Gasteiger partial charge in [0.05, 0.1) is 4.90 Å². The molecule has 1 unspecified atom stereocenters. The highest BCUT2D eigenvalue weighted by Gasteiger charge is 2.32. The molecular weight excluding hydrogens is 352 g/mol. The summed E-state index contributed by atoms with van der Waals surface area (Å²) in [6, 6.07) is 5.61. The molecule has 0 bridgehead atoms. The van der Waals surface area contributed by atoms with E-state index in [9.17, 15) is 8.42 Å². The molecule has 7 heteroatoms. The number of hydrogen-bond acceptors (Lipinski definition) is 3. The zero-order valence-corrected chi connectivity index (χ0v) is 14.1. The second kappa shape index (κ2) is 6.54. The van der Waals surface area contributed by atoms with E-state index in [0.717, 1.165) is 16.5 Å². The average molecular weight is 370 g/mol. The van der Waals surface area contributed by atoms with Crippen LogP contribution in [0.2, 0.25) is 0 Å². The minimum Gasteiger partial charge on any atom is -0.316 e. The molecule has 1 fully saturated rings. The molecule has 2 rings (SSSR count). The highest BCUT2D eigenvalue weighted by atomic mass is 79.9. The van der Waals surface area contributed by atoms with Gasteiger partial charge in [-0.1, -0.05) is 22.0 Å². The summed E-state index contributed by atoms with van der Waals surface area (Å²) >= 11 is 3.33. The Morgan fingerprint density at radius 2 is 2.11 bits per heavy atom. The normalized spacial score (nSPS) is 20.3. The van der Waals surface area contributed by atoms with Gasteiger partial charge in [-0.25, -0.2) is 8.42 Å². The molecule has 1 aromatic carbocycles. The molecule has 1 aromatic rings. The Bertz CT molecular complexity index is 551. The van der Waals surface area contributed by atoms with E-state index >= 15 is 0 Å². The molecule has 1 N–H and O–H groups in total. The van der Waals surface area contributed by atoms with Gasteiger partial charge >= 0.3 is 0 Å². The van der Waals surface area contributed by atoms with Crippen molar-refractivity contribution >= 4 is 38.4 Å². The molecule has 1 heterocycles. The summed E-state index contributed by atoms with van der Waals surface area (Å²) in [5.41, 5.74) is 0.783. The number of halogens is 2. The van der Waals surface area contributed by atoms with Gasteiger partial charge in [-0.15, -0.1) is 12.4 Å². The van der Waals surface area contributed by atoms with Crippen LogP contribution in [0, 0.1) is 6.92 Å². The third-order valence-electron chi connectivity index (χ3n) is 3.33. The fourth-order valence-corrected chi connectivity index (χ4v) is 4.44. The van der Waals surface area contributed by atoms with Crippen molar-refractivity contribution in [3.63, 3.8) is 0 Å². The fourth-order valence-electron chi connectivity index (χ4n) is 2.17. The van der Waals surface area contributed by atoms with E-state index in [0.29, 0.717) is 18.0 Å². The van der Waals surface area contributed by atoms with Crippen molar-refractivity contribution in [2.45, 2.75) is 24.3 Å². The predicted molar refractivity (Wildman–Crippen MR) is 82.4 cm³/mol. The molecule has 0 aromatic heterocycles. The van der Waals surface area contributed by atoms with Gasteiger partial charge in [0.1, 0.15) is 0 Å². The molecule has 1 aliphatic rings. The molecule has 1 saturated heterocycles. The Labute approximate surface area is 129 Å². The Hall–Kier alpha value is -0.140. The minimum atomic E-state index is -3.37. The summed E-state index contributed by atoms with van der Waals surface area (Å²) in [5.74, 6) is 0. The van der Waals surface area contributed by atoms with Crippen molar-refractivity contribution in [2.24, 2.45) is 0 Å². The van der Waals surface area contributed by atoms with Gasteiger partial charge in [0.25, 0.3) is 0 Å². The topological polar surface area (TPSA) is 49.4 Å². The van der Waals surface area contributed by atoms with Crippen LogP contribution >= 0.6 is 28.3 Å². The molecule has 1 atom stereocenters. The maximum atomic E-state index is 12.5. The second-order valence-corrected chi connectivity index (χ2v) is 7.37. The van der Waals surface area contributed by atoms with Crippen LogP contribution in [0.4, 0.5) is 0 Å². The summed E-state index contributed by atoms with van der Waals surface area (Å²) < 4.78 is 27.4. The summed E-state index contributed by atoms with van der Waals surface area (Å²) in [6.45, 7) is 2.95.